The van der Waals surface area contributed by atoms with E-state index in [0.717, 1.165) is 161 Å². The van der Waals surface area contributed by atoms with Gasteiger partial charge in [-0.3, -0.25) is 24.1 Å². The second kappa shape index (κ2) is 23.7. The second-order valence-electron chi connectivity index (χ2n) is 17.4. The molecular formula is C51H63BrN8O7. The third-order valence-corrected chi connectivity index (χ3v) is 13.3. The van der Waals surface area contributed by atoms with E-state index in [2.05, 4.69) is 69.3 Å². The minimum atomic E-state index is -0.105. The molecule has 0 radical (unpaired) electrons. The van der Waals surface area contributed by atoms with Gasteiger partial charge in [0.2, 0.25) is 17.7 Å². The van der Waals surface area contributed by atoms with Crippen molar-refractivity contribution in [2.75, 3.05) is 115 Å². The van der Waals surface area contributed by atoms with Crippen LogP contribution in [0.5, 0.6) is 17.2 Å². The van der Waals surface area contributed by atoms with Crippen LogP contribution in [0.1, 0.15) is 61.6 Å². The molecule has 2 fully saturated rings. The van der Waals surface area contributed by atoms with E-state index in [4.69, 9.17) is 14.2 Å². The Morgan fingerprint density at radius 1 is 0.537 bits per heavy atom. The Morgan fingerprint density at radius 2 is 1.09 bits per heavy atom. The minimum Gasteiger partial charge on any atom is -0.494 e. The standard InChI is InChI=1S/C25H30N4O4.C13H16BrNO2.C13H17N3O/c30-23-9-7-18-6-8-19(16-21(18)27-23)32-15-2-1-10-28-11-13-29(14-12-28)22-5-3-4-20-25(22)33-17-24(31)26-20;14-7-1-2-8-17-11-5-3-10-4-6-13(16)15-12(10)9-11;17-13-5-4-10-11(15-13)2-1-3-12(10)16-8-6-14-7-9-16/h3-6,8,16H,1-2,7,9-15,17H2,(H,26,31)(H,27,30);3,5,9H,1-2,4,6-8H2,(H,15,16);1-3,14H,4-9H2,(H,15,17). The first-order valence-electron chi connectivity index (χ1n) is 23.9. The number of nitrogens with one attached hydrogen (secondary N) is 5. The Morgan fingerprint density at radius 3 is 1.73 bits per heavy atom. The third kappa shape index (κ3) is 13.2. The van der Waals surface area contributed by atoms with Gasteiger partial charge in [-0.25, -0.2) is 0 Å². The number of piperazine rings is 2. The average molecular weight is 980 g/mol. The molecule has 0 aromatic heterocycles. The number of hydrogen-bond donors (Lipinski definition) is 5. The van der Waals surface area contributed by atoms with Gasteiger partial charge in [0.05, 0.1) is 24.6 Å². The van der Waals surface area contributed by atoms with Crippen LogP contribution in [-0.2, 0) is 38.4 Å². The average Bonchev–Trinajstić information content (AvgIpc) is 3.35. The lowest BCUT2D eigenvalue weighted by Gasteiger charge is -2.37. The third-order valence-electron chi connectivity index (χ3n) is 12.7. The fourth-order valence-corrected chi connectivity index (χ4v) is 9.46. The number of carbonyl (C=O) groups is 4. The summed E-state index contributed by atoms with van der Waals surface area (Å²) in [6.07, 6.45) is 8.45. The highest BCUT2D eigenvalue weighted by Gasteiger charge is 2.25. The van der Waals surface area contributed by atoms with Crippen LogP contribution in [0.3, 0.4) is 0 Å². The van der Waals surface area contributed by atoms with E-state index in [9.17, 15) is 19.2 Å². The van der Waals surface area contributed by atoms with E-state index in [1.54, 1.807) is 0 Å². The van der Waals surface area contributed by atoms with E-state index in [0.29, 0.717) is 25.9 Å². The molecule has 0 saturated carbocycles. The molecule has 6 aliphatic rings. The van der Waals surface area contributed by atoms with Crippen molar-refractivity contribution >= 4 is 73.7 Å². The number of fused-ring (bicyclic) bond motifs is 4. The number of carbonyl (C=O) groups excluding carboxylic acids is 4. The number of amides is 4. The van der Waals surface area contributed by atoms with Gasteiger partial charge >= 0.3 is 0 Å². The molecule has 15 nitrogen and oxygen atoms in total. The van der Waals surface area contributed by atoms with Crippen LogP contribution in [0.15, 0.2) is 72.8 Å². The molecule has 0 unspecified atom stereocenters. The van der Waals surface area contributed by atoms with Crippen LogP contribution >= 0.6 is 15.9 Å². The van der Waals surface area contributed by atoms with Crippen molar-refractivity contribution in [3.05, 3.63) is 89.5 Å². The molecule has 356 valence electrons. The van der Waals surface area contributed by atoms with E-state index in [-0.39, 0.29) is 30.2 Å². The van der Waals surface area contributed by atoms with Crippen LogP contribution in [0.25, 0.3) is 0 Å². The molecule has 4 aromatic carbocycles. The van der Waals surface area contributed by atoms with Crippen molar-refractivity contribution in [3.63, 3.8) is 0 Å². The van der Waals surface area contributed by atoms with Crippen molar-refractivity contribution in [2.45, 2.75) is 64.2 Å². The summed E-state index contributed by atoms with van der Waals surface area (Å²) in [5, 5.41) is 16.0. The fourth-order valence-electron chi connectivity index (χ4n) is 9.06. The van der Waals surface area contributed by atoms with Crippen molar-refractivity contribution in [1.82, 2.24) is 10.2 Å². The number of anilines is 6. The Balaban J connectivity index is 0.000000150. The summed E-state index contributed by atoms with van der Waals surface area (Å²) in [5.41, 5.74) is 9.56. The molecule has 16 heteroatoms. The van der Waals surface area contributed by atoms with E-state index < -0.39 is 0 Å². The summed E-state index contributed by atoms with van der Waals surface area (Å²) >= 11 is 3.39. The first-order valence-corrected chi connectivity index (χ1v) is 25.0. The molecule has 4 aromatic rings. The van der Waals surface area contributed by atoms with Gasteiger partial charge < -0.3 is 50.6 Å². The lowest BCUT2D eigenvalue weighted by molar-refractivity contribution is -0.119. The van der Waals surface area contributed by atoms with E-state index >= 15 is 0 Å². The molecule has 6 heterocycles. The van der Waals surface area contributed by atoms with Crippen molar-refractivity contribution in [3.8, 4) is 17.2 Å². The number of nitrogens with zero attached hydrogens (tertiary/aromatic N) is 3. The summed E-state index contributed by atoms with van der Waals surface area (Å²) in [6, 6.07) is 24.0. The number of alkyl halides is 1. The second-order valence-corrected chi connectivity index (χ2v) is 18.2. The number of benzene rings is 4. The molecule has 0 aliphatic carbocycles. The highest BCUT2D eigenvalue weighted by molar-refractivity contribution is 9.09. The van der Waals surface area contributed by atoms with Gasteiger partial charge in [-0.1, -0.05) is 40.2 Å². The normalized spacial score (nSPS) is 17.4. The molecular weight excluding hydrogens is 917 g/mol. The quantitative estimate of drug-likeness (QED) is 0.0693. The SMILES string of the molecule is O=C1CCc2c(cccc2N2CCNCC2)N1.O=C1CCc2ccc(OCCCCBr)cc2N1.O=C1CCc2ccc(OCCCCN3CCN(c4cccc5c4OCC(=O)N5)CC3)cc2N1. The largest absolute Gasteiger partial charge is 0.494 e. The number of hydrogen-bond acceptors (Lipinski definition) is 11. The highest BCUT2D eigenvalue weighted by Crippen LogP contribution is 2.38. The number of unbranched alkanes of at least 4 members (excludes halogenated alkanes) is 2. The molecule has 2 saturated heterocycles. The summed E-state index contributed by atoms with van der Waals surface area (Å²) < 4.78 is 17.3. The summed E-state index contributed by atoms with van der Waals surface area (Å²) in [7, 11) is 0. The molecule has 6 aliphatic heterocycles. The first-order chi connectivity index (χ1) is 32.8. The number of rotatable bonds is 13. The Labute approximate surface area is 401 Å². The zero-order valence-electron chi connectivity index (χ0n) is 38.3. The van der Waals surface area contributed by atoms with Crippen LogP contribution < -0.4 is 50.6 Å². The molecule has 67 heavy (non-hydrogen) atoms. The summed E-state index contributed by atoms with van der Waals surface area (Å²) in [4.78, 5) is 53.0. The van der Waals surface area contributed by atoms with Crippen molar-refractivity contribution in [2.24, 2.45) is 0 Å². The number of ether oxygens (including phenoxy) is 3. The van der Waals surface area contributed by atoms with Gasteiger partial charge in [-0.15, -0.1) is 0 Å². The predicted molar refractivity (Wildman–Crippen MR) is 268 cm³/mol. The Hall–Kier alpha value is -5.84. The van der Waals surface area contributed by atoms with Gasteiger partial charge in [0.15, 0.2) is 12.4 Å². The maximum absolute atomic E-state index is 11.6. The van der Waals surface area contributed by atoms with E-state index in [1.165, 1.54) is 22.4 Å². The fraction of sp³-hybridized carbons (Fsp3) is 0.451. The van der Waals surface area contributed by atoms with Gasteiger partial charge in [0.1, 0.15) is 11.5 Å². The molecule has 0 atom stereocenters. The zero-order valence-corrected chi connectivity index (χ0v) is 39.9. The summed E-state index contributed by atoms with van der Waals surface area (Å²) in [6.45, 7) is 10.6. The number of halogens is 1. The molecule has 0 bridgehead atoms. The number of para-hydroxylation sites is 1. The van der Waals surface area contributed by atoms with Crippen LogP contribution in [0.4, 0.5) is 34.1 Å². The molecule has 4 amide bonds. The number of aryl methyl sites for hydroxylation is 2. The van der Waals surface area contributed by atoms with E-state index in [1.807, 2.05) is 60.7 Å². The smallest absolute Gasteiger partial charge is 0.262 e. The minimum absolute atomic E-state index is 0.0752. The van der Waals surface area contributed by atoms with Gasteiger partial charge in [-0.2, -0.15) is 0 Å². The van der Waals surface area contributed by atoms with Crippen molar-refractivity contribution < 1.29 is 33.4 Å². The monoisotopic (exact) mass is 978 g/mol. The zero-order chi connectivity index (χ0) is 46.4. The molecule has 0 spiro atoms. The van der Waals surface area contributed by atoms with Crippen LogP contribution in [0, 0.1) is 0 Å². The predicted octanol–water partition coefficient (Wildman–Crippen LogP) is 6.99. The van der Waals surface area contributed by atoms with Gasteiger partial charge in [-0.05, 0) is 105 Å². The van der Waals surface area contributed by atoms with Crippen molar-refractivity contribution in [1.29, 1.82) is 0 Å². The highest BCUT2D eigenvalue weighted by atomic mass is 79.9. The lowest BCUT2D eigenvalue weighted by Crippen LogP contribution is -2.47. The van der Waals surface area contributed by atoms with Crippen LogP contribution in [-0.4, -0.2) is 113 Å². The maximum Gasteiger partial charge on any atom is 0.262 e. The van der Waals surface area contributed by atoms with Crippen LogP contribution in [0.2, 0.25) is 0 Å². The summed E-state index contributed by atoms with van der Waals surface area (Å²) in [5.74, 6) is 2.63. The topological polar surface area (TPSA) is 166 Å². The van der Waals surface area contributed by atoms with Gasteiger partial charge in [0, 0.05) is 112 Å². The molecule has 10 rings (SSSR count). The Bertz CT molecular complexity index is 2370. The van der Waals surface area contributed by atoms with Gasteiger partial charge in [0.25, 0.3) is 5.91 Å². The first kappa shape index (κ1) is 47.6. The maximum atomic E-state index is 11.6. The molecule has 5 N–H and O–H groups in total. The Kier molecular flexibility index (Phi) is 16.9. The lowest BCUT2D eigenvalue weighted by atomic mass is 10.00.